The molecule has 3 rings (SSSR count). The molecule has 0 spiro atoms. The fraction of sp³-hybridized carbons (Fsp3) is 0.368. The van der Waals surface area contributed by atoms with Crippen LogP contribution in [0.4, 0.5) is 17.6 Å². The summed E-state index contributed by atoms with van der Waals surface area (Å²) in [5, 5.41) is 18.7. The van der Waals surface area contributed by atoms with Gasteiger partial charge in [-0.05, 0) is 30.2 Å². The van der Waals surface area contributed by atoms with Crippen LogP contribution in [0.1, 0.15) is 43.5 Å². The zero-order chi connectivity index (χ0) is 21.2. The molecule has 3 N–H and O–H groups in total. The molecule has 0 bridgehead atoms. The van der Waals surface area contributed by atoms with Crippen molar-refractivity contribution in [2.75, 3.05) is 23.8 Å². The summed E-state index contributed by atoms with van der Waals surface area (Å²) in [6.45, 7) is 5.09. The Morgan fingerprint density at radius 2 is 1.97 bits per heavy atom. The molecule has 2 aromatic heterocycles. The molecule has 1 amide bonds. The van der Waals surface area contributed by atoms with Gasteiger partial charge in [-0.15, -0.1) is 5.10 Å². The Hall–Kier alpha value is -3.76. The van der Waals surface area contributed by atoms with Crippen LogP contribution >= 0.6 is 0 Å². The van der Waals surface area contributed by atoms with Gasteiger partial charge in [0, 0.05) is 6.20 Å². The van der Waals surface area contributed by atoms with Gasteiger partial charge in [0.15, 0.2) is 0 Å². The summed E-state index contributed by atoms with van der Waals surface area (Å²) in [6, 6.07) is 7.53. The fourth-order valence-electron chi connectivity index (χ4n) is 2.42. The highest BCUT2D eigenvalue weighted by molar-refractivity contribution is 6.04. The minimum absolute atomic E-state index is 0.0433. The number of ether oxygens (including phenoxy) is 2. The van der Waals surface area contributed by atoms with Gasteiger partial charge in [0.25, 0.3) is 11.9 Å². The van der Waals surface area contributed by atoms with Crippen molar-refractivity contribution >= 4 is 23.5 Å². The third-order valence-corrected chi connectivity index (χ3v) is 3.90. The summed E-state index contributed by atoms with van der Waals surface area (Å²) in [5.74, 6) is 0.673. The monoisotopic (exact) mass is 412 g/mol. The molecule has 2 heterocycles. The Kier molecular flexibility index (Phi) is 7.47. The molecule has 3 aromatic rings. The second kappa shape index (κ2) is 10.7. The molecule has 158 valence electrons. The topological polar surface area (TPSA) is 140 Å². The SMILES string of the molecule is CCCCOc1ccccc1Nc1ncc(C(=O)Nc2nn[nH]n2)c(OCCC)n1. The van der Waals surface area contributed by atoms with Gasteiger partial charge in [-0.3, -0.25) is 10.1 Å². The van der Waals surface area contributed by atoms with Gasteiger partial charge in [-0.1, -0.05) is 37.5 Å². The number of hydrogen-bond acceptors (Lipinski definition) is 9. The van der Waals surface area contributed by atoms with Crippen molar-refractivity contribution in [2.24, 2.45) is 0 Å². The van der Waals surface area contributed by atoms with Crippen molar-refractivity contribution < 1.29 is 14.3 Å². The third kappa shape index (κ3) is 5.63. The molecule has 11 nitrogen and oxygen atoms in total. The highest BCUT2D eigenvalue weighted by atomic mass is 16.5. The Balaban J connectivity index is 1.80. The molecule has 0 saturated carbocycles. The van der Waals surface area contributed by atoms with Crippen LogP contribution in [-0.4, -0.2) is 49.7 Å². The number of nitrogens with one attached hydrogen (secondary N) is 3. The largest absolute Gasteiger partial charge is 0.491 e. The molecular formula is C19H24N8O3. The number of amides is 1. The Bertz CT molecular complexity index is 949. The summed E-state index contributed by atoms with van der Waals surface area (Å²) < 4.78 is 11.5. The highest BCUT2D eigenvalue weighted by Crippen LogP contribution is 2.27. The van der Waals surface area contributed by atoms with Crippen LogP contribution in [0.15, 0.2) is 30.5 Å². The van der Waals surface area contributed by atoms with Crippen LogP contribution in [0.5, 0.6) is 11.6 Å². The normalized spacial score (nSPS) is 10.5. The molecule has 0 aliphatic rings. The Labute approximate surface area is 173 Å². The van der Waals surface area contributed by atoms with Crippen molar-refractivity contribution in [3.05, 3.63) is 36.0 Å². The van der Waals surface area contributed by atoms with Gasteiger partial charge in [-0.25, -0.2) is 4.98 Å². The molecule has 0 radical (unpaired) electrons. The van der Waals surface area contributed by atoms with E-state index < -0.39 is 5.91 Å². The first-order chi connectivity index (χ1) is 14.7. The van der Waals surface area contributed by atoms with Gasteiger partial charge in [0.05, 0.1) is 18.9 Å². The van der Waals surface area contributed by atoms with Crippen LogP contribution in [0.2, 0.25) is 0 Å². The van der Waals surface area contributed by atoms with Crippen LogP contribution in [0, 0.1) is 0 Å². The lowest BCUT2D eigenvalue weighted by Crippen LogP contribution is -2.17. The molecule has 1 aromatic carbocycles. The first-order valence-corrected chi connectivity index (χ1v) is 9.74. The predicted octanol–water partition coefficient (Wildman–Crippen LogP) is 2.95. The van der Waals surface area contributed by atoms with E-state index in [9.17, 15) is 4.79 Å². The second-order valence-electron chi connectivity index (χ2n) is 6.27. The maximum atomic E-state index is 12.5. The van der Waals surface area contributed by atoms with Crippen molar-refractivity contribution in [1.82, 2.24) is 30.6 Å². The van der Waals surface area contributed by atoms with Crippen molar-refractivity contribution in [3.8, 4) is 11.6 Å². The third-order valence-electron chi connectivity index (χ3n) is 3.90. The van der Waals surface area contributed by atoms with Gasteiger partial charge in [0.1, 0.15) is 11.3 Å². The van der Waals surface area contributed by atoms with Crippen LogP contribution in [0.25, 0.3) is 0 Å². The summed E-state index contributed by atoms with van der Waals surface area (Å²) in [4.78, 5) is 21.1. The number of para-hydroxylation sites is 2. The van der Waals surface area contributed by atoms with Crippen molar-refractivity contribution in [2.45, 2.75) is 33.1 Å². The van der Waals surface area contributed by atoms with Crippen LogP contribution in [0.3, 0.4) is 0 Å². The molecule has 30 heavy (non-hydrogen) atoms. The zero-order valence-corrected chi connectivity index (χ0v) is 16.9. The first kappa shape index (κ1) is 21.0. The van der Waals surface area contributed by atoms with E-state index in [0.29, 0.717) is 19.0 Å². The van der Waals surface area contributed by atoms with E-state index in [1.807, 2.05) is 31.2 Å². The molecular weight excluding hydrogens is 388 g/mol. The summed E-state index contributed by atoms with van der Waals surface area (Å²) >= 11 is 0. The average Bonchev–Trinajstić information content (AvgIpc) is 3.26. The van der Waals surface area contributed by atoms with E-state index in [-0.39, 0.29) is 23.3 Å². The number of aromatic nitrogens is 6. The lowest BCUT2D eigenvalue weighted by Gasteiger charge is -2.14. The molecule has 0 saturated heterocycles. The minimum Gasteiger partial charge on any atom is -0.491 e. The van der Waals surface area contributed by atoms with E-state index >= 15 is 0 Å². The lowest BCUT2D eigenvalue weighted by atomic mass is 10.3. The Morgan fingerprint density at radius 3 is 2.73 bits per heavy atom. The van der Waals surface area contributed by atoms with E-state index in [4.69, 9.17) is 9.47 Å². The number of rotatable bonds is 11. The number of benzene rings is 1. The average molecular weight is 412 g/mol. The predicted molar refractivity (Wildman–Crippen MR) is 110 cm³/mol. The number of hydrogen-bond donors (Lipinski definition) is 3. The van der Waals surface area contributed by atoms with Gasteiger partial charge in [-0.2, -0.15) is 10.2 Å². The maximum Gasteiger partial charge on any atom is 0.270 e. The van der Waals surface area contributed by atoms with Crippen molar-refractivity contribution in [1.29, 1.82) is 0 Å². The van der Waals surface area contributed by atoms with E-state index in [2.05, 4.69) is 48.1 Å². The van der Waals surface area contributed by atoms with Crippen LogP contribution < -0.4 is 20.1 Å². The number of H-pyrrole nitrogens is 1. The molecule has 0 aliphatic heterocycles. The van der Waals surface area contributed by atoms with Crippen LogP contribution in [-0.2, 0) is 0 Å². The summed E-state index contributed by atoms with van der Waals surface area (Å²) in [5.41, 5.74) is 0.880. The van der Waals surface area contributed by atoms with E-state index in [0.717, 1.165) is 24.9 Å². The maximum absolute atomic E-state index is 12.5. The van der Waals surface area contributed by atoms with E-state index in [1.165, 1.54) is 6.20 Å². The first-order valence-electron chi connectivity index (χ1n) is 9.74. The quantitative estimate of drug-likeness (QED) is 0.405. The summed E-state index contributed by atoms with van der Waals surface area (Å²) in [7, 11) is 0. The Morgan fingerprint density at radius 1 is 1.10 bits per heavy atom. The number of unbranched alkanes of at least 4 members (excludes halogenated alkanes) is 1. The standard InChI is InChI=1S/C19H24N8O3/c1-3-5-11-29-15-9-7-6-8-14(15)21-18-20-12-13(17(23-18)30-10-4-2)16(28)22-19-24-26-27-25-19/h6-9,12H,3-5,10-11H2,1-2H3,(H,20,21,23)(H2,22,24,25,26,27,28). The highest BCUT2D eigenvalue weighted by Gasteiger charge is 2.18. The smallest absolute Gasteiger partial charge is 0.270 e. The number of aromatic amines is 1. The van der Waals surface area contributed by atoms with Gasteiger partial charge >= 0.3 is 0 Å². The number of nitrogens with zero attached hydrogens (tertiary/aromatic N) is 5. The molecule has 0 fully saturated rings. The number of anilines is 3. The minimum atomic E-state index is -0.502. The fourth-order valence-corrected chi connectivity index (χ4v) is 2.42. The number of carbonyl (C=O) groups is 1. The number of tetrazole rings is 1. The van der Waals surface area contributed by atoms with Gasteiger partial charge < -0.3 is 14.8 Å². The van der Waals surface area contributed by atoms with Gasteiger partial charge in [0.2, 0.25) is 11.8 Å². The molecule has 0 atom stereocenters. The van der Waals surface area contributed by atoms with Crippen molar-refractivity contribution in [3.63, 3.8) is 0 Å². The molecule has 11 heteroatoms. The van der Waals surface area contributed by atoms with E-state index in [1.54, 1.807) is 0 Å². The summed E-state index contributed by atoms with van der Waals surface area (Å²) in [6.07, 6.45) is 4.15. The molecule has 0 unspecified atom stereocenters. The molecule has 0 aliphatic carbocycles. The zero-order valence-electron chi connectivity index (χ0n) is 16.9. The lowest BCUT2D eigenvalue weighted by molar-refractivity contribution is 0.102. The number of carbonyl (C=O) groups excluding carboxylic acids is 1. The second-order valence-corrected chi connectivity index (χ2v) is 6.27.